The molecule has 30 heavy (non-hydrogen) atoms. The standard InChI is InChI=1S/C21H41N3O6/c1-11-21(12-22-15(25)28-18(2,3)4,13-23-16(26)29-19(5,6)7)14-24-17(27)30-20(8,9)10/h11-14H2,1-10H3,(H,22,25)(H,23,26)(H,24,27). The van der Waals surface area contributed by atoms with Crippen molar-refractivity contribution in [1.82, 2.24) is 16.0 Å². The van der Waals surface area contributed by atoms with E-state index in [-0.39, 0.29) is 19.6 Å². The predicted octanol–water partition coefficient (Wildman–Crippen LogP) is 3.96. The number of rotatable bonds is 7. The molecule has 0 aliphatic carbocycles. The third-order valence-electron chi connectivity index (χ3n) is 3.77. The number of amides is 3. The summed E-state index contributed by atoms with van der Waals surface area (Å²) in [5.74, 6) is 0. The molecule has 0 radical (unpaired) electrons. The number of alkyl carbamates (subject to hydrolysis) is 3. The Morgan fingerprint density at radius 3 is 0.967 bits per heavy atom. The lowest BCUT2D eigenvalue weighted by atomic mass is 9.84. The number of carbonyl (C=O) groups excluding carboxylic acids is 3. The maximum absolute atomic E-state index is 12.1. The van der Waals surface area contributed by atoms with Crippen LogP contribution in [-0.4, -0.2) is 54.7 Å². The van der Waals surface area contributed by atoms with Gasteiger partial charge in [0.2, 0.25) is 0 Å². The lowest BCUT2D eigenvalue weighted by Gasteiger charge is -2.34. The van der Waals surface area contributed by atoms with Gasteiger partial charge < -0.3 is 30.2 Å². The van der Waals surface area contributed by atoms with Gasteiger partial charge >= 0.3 is 18.3 Å². The molecule has 9 heteroatoms. The van der Waals surface area contributed by atoms with Crippen molar-refractivity contribution in [3.05, 3.63) is 0 Å². The van der Waals surface area contributed by atoms with E-state index in [0.29, 0.717) is 6.42 Å². The van der Waals surface area contributed by atoms with Gasteiger partial charge in [-0.3, -0.25) is 0 Å². The van der Waals surface area contributed by atoms with Crippen molar-refractivity contribution in [2.45, 2.75) is 92.5 Å². The first-order valence-corrected chi connectivity index (χ1v) is 10.3. The number of hydrogen-bond donors (Lipinski definition) is 3. The molecule has 0 aliphatic heterocycles. The van der Waals surface area contributed by atoms with E-state index in [1.54, 1.807) is 62.3 Å². The second-order valence-corrected chi connectivity index (χ2v) is 10.4. The zero-order valence-electron chi connectivity index (χ0n) is 20.3. The number of nitrogens with one attached hydrogen (secondary N) is 3. The molecule has 0 aliphatic rings. The van der Waals surface area contributed by atoms with Crippen molar-refractivity contribution >= 4 is 18.3 Å². The molecule has 0 rings (SSSR count). The molecule has 0 fully saturated rings. The Kier molecular flexibility index (Phi) is 9.94. The second-order valence-electron chi connectivity index (χ2n) is 10.4. The Morgan fingerprint density at radius 1 is 0.567 bits per heavy atom. The number of hydrogen-bond acceptors (Lipinski definition) is 6. The van der Waals surface area contributed by atoms with Gasteiger partial charge in [-0.15, -0.1) is 0 Å². The average molecular weight is 432 g/mol. The zero-order valence-corrected chi connectivity index (χ0v) is 20.3. The van der Waals surface area contributed by atoms with Crippen molar-refractivity contribution < 1.29 is 28.6 Å². The minimum absolute atomic E-state index is 0.171. The van der Waals surface area contributed by atoms with Crippen molar-refractivity contribution in [3.8, 4) is 0 Å². The minimum atomic E-state index is -0.676. The Hall–Kier alpha value is -2.19. The Labute approximate surface area is 181 Å². The van der Waals surface area contributed by atoms with Gasteiger partial charge in [0.15, 0.2) is 0 Å². The van der Waals surface area contributed by atoms with Crippen LogP contribution >= 0.6 is 0 Å². The van der Waals surface area contributed by atoms with Crippen LogP contribution in [0.2, 0.25) is 0 Å². The highest BCUT2D eigenvalue weighted by atomic mass is 16.6. The molecule has 0 aromatic carbocycles. The Balaban J connectivity index is 5.20. The first-order valence-electron chi connectivity index (χ1n) is 10.3. The highest BCUT2D eigenvalue weighted by Crippen LogP contribution is 2.21. The SMILES string of the molecule is CCC(CNC(=O)OC(C)(C)C)(CNC(=O)OC(C)(C)C)CNC(=O)OC(C)(C)C. The summed E-state index contributed by atoms with van der Waals surface area (Å²) in [4.78, 5) is 36.3. The molecule has 0 saturated carbocycles. The van der Waals surface area contributed by atoms with E-state index < -0.39 is 40.5 Å². The van der Waals surface area contributed by atoms with Gasteiger partial charge in [0.25, 0.3) is 0 Å². The highest BCUT2D eigenvalue weighted by molar-refractivity contribution is 5.69. The molecule has 9 nitrogen and oxygen atoms in total. The zero-order chi connectivity index (χ0) is 23.8. The topological polar surface area (TPSA) is 115 Å². The summed E-state index contributed by atoms with van der Waals surface area (Å²) >= 11 is 0. The maximum atomic E-state index is 12.1. The van der Waals surface area contributed by atoms with Gasteiger partial charge in [0, 0.05) is 25.0 Å². The molecule has 0 aromatic heterocycles. The summed E-state index contributed by atoms with van der Waals surface area (Å²) in [6.07, 6.45) is -1.17. The number of carbonyl (C=O) groups is 3. The van der Waals surface area contributed by atoms with E-state index in [1.165, 1.54) is 0 Å². The fraction of sp³-hybridized carbons (Fsp3) is 0.857. The fourth-order valence-electron chi connectivity index (χ4n) is 2.28. The quantitative estimate of drug-likeness (QED) is 0.526. The molecular weight excluding hydrogens is 390 g/mol. The van der Waals surface area contributed by atoms with Gasteiger partial charge in [0.1, 0.15) is 16.8 Å². The molecule has 176 valence electrons. The van der Waals surface area contributed by atoms with Crippen molar-refractivity contribution in [1.29, 1.82) is 0 Å². The molecule has 0 aromatic rings. The fourth-order valence-corrected chi connectivity index (χ4v) is 2.28. The summed E-state index contributed by atoms with van der Waals surface area (Å²) in [7, 11) is 0. The monoisotopic (exact) mass is 431 g/mol. The molecule has 0 heterocycles. The van der Waals surface area contributed by atoms with Crippen LogP contribution < -0.4 is 16.0 Å². The van der Waals surface area contributed by atoms with Crippen molar-refractivity contribution in [2.24, 2.45) is 5.41 Å². The molecule has 0 saturated heterocycles. The third kappa shape index (κ3) is 13.9. The first kappa shape index (κ1) is 27.8. The summed E-state index contributed by atoms with van der Waals surface area (Å²) in [6, 6.07) is 0. The molecule has 0 atom stereocenters. The predicted molar refractivity (Wildman–Crippen MR) is 115 cm³/mol. The summed E-state index contributed by atoms with van der Waals surface area (Å²) in [5.41, 5.74) is -2.59. The molecule has 3 N–H and O–H groups in total. The van der Waals surface area contributed by atoms with Crippen LogP contribution in [0.25, 0.3) is 0 Å². The van der Waals surface area contributed by atoms with Crippen LogP contribution in [0, 0.1) is 5.41 Å². The second kappa shape index (κ2) is 10.7. The van der Waals surface area contributed by atoms with E-state index >= 15 is 0 Å². The minimum Gasteiger partial charge on any atom is -0.444 e. The van der Waals surface area contributed by atoms with Crippen LogP contribution in [0.3, 0.4) is 0 Å². The molecule has 0 bridgehead atoms. The molecular formula is C21H41N3O6. The van der Waals surface area contributed by atoms with E-state index in [1.807, 2.05) is 6.92 Å². The van der Waals surface area contributed by atoms with Gasteiger partial charge in [0.05, 0.1) is 0 Å². The molecule has 3 amide bonds. The van der Waals surface area contributed by atoms with Gasteiger partial charge in [-0.1, -0.05) is 6.92 Å². The summed E-state index contributed by atoms with van der Waals surface area (Å²) in [6.45, 7) is 18.4. The van der Waals surface area contributed by atoms with E-state index in [4.69, 9.17) is 14.2 Å². The van der Waals surface area contributed by atoms with E-state index in [0.717, 1.165) is 0 Å². The van der Waals surface area contributed by atoms with E-state index in [2.05, 4.69) is 16.0 Å². The smallest absolute Gasteiger partial charge is 0.407 e. The van der Waals surface area contributed by atoms with Crippen LogP contribution in [0.1, 0.15) is 75.7 Å². The summed E-state index contributed by atoms with van der Waals surface area (Å²) in [5, 5.41) is 8.19. The van der Waals surface area contributed by atoms with Crippen LogP contribution in [0.4, 0.5) is 14.4 Å². The van der Waals surface area contributed by atoms with Gasteiger partial charge in [-0.25, -0.2) is 14.4 Å². The van der Waals surface area contributed by atoms with Gasteiger partial charge in [-0.05, 0) is 68.7 Å². The van der Waals surface area contributed by atoms with Crippen molar-refractivity contribution in [2.75, 3.05) is 19.6 Å². The normalized spacial score (nSPS) is 12.6. The van der Waals surface area contributed by atoms with Crippen LogP contribution in [0.15, 0.2) is 0 Å². The molecule has 0 spiro atoms. The van der Waals surface area contributed by atoms with E-state index in [9.17, 15) is 14.4 Å². The largest absolute Gasteiger partial charge is 0.444 e. The average Bonchev–Trinajstić information content (AvgIpc) is 2.49. The van der Waals surface area contributed by atoms with Gasteiger partial charge in [-0.2, -0.15) is 0 Å². The highest BCUT2D eigenvalue weighted by Gasteiger charge is 2.32. The van der Waals surface area contributed by atoms with Crippen LogP contribution in [0.5, 0.6) is 0 Å². The maximum Gasteiger partial charge on any atom is 0.407 e. The lowest BCUT2D eigenvalue weighted by molar-refractivity contribution is 0.0442. The number of ether oxygens (including phenoxy) is 3. The van der Waals surface area contributed by atoms with Crippen molar-refractivity contribution in [3.63, 3.8) is 0 Å². The van der Waals surface area contributed by atoms with Crippen LogP contribution in [-0.2, 0) is 14.2 Å². The first-order chi connectivity index (χ1) is 13.4. The summed E-state index contributed by atoms with van der Waals surface area (Å²) < 4.78 is 15.9. The third-order valence-corrected chi connectivity index (χ3v) is 3.77. The lowest BCUT2D eigenvalue weighted by Crippen LogP contribution is -2.52. The molecule has 0 unspecified atom stereocenters. The Bertz CT molecular complexity index is 506. The Morgan fingerprint density at radius 2 is 0.800 bits per heavy atom.